The molecule has 2 amide bonds. The lowest BCUT2D eigenvalue weighted by Crippen LogP contribution is -2.50. The molecule has 0 atom stereocenters. The Labute approximate surface area is 197 Å². The molecule has 1 aliphatic rings. The summed E-state index contributed by atoms with van der Waals surface area (Å²) in [5.74, 6) is -3.76. The van der Waals surface area contributed by atoms with E-state index in [1.807, 2.05) is 0 Å². The quantitative estimate of drug-likeness (QED) is 0.512. The number of urea groups is 1. The van der Waals surface area contributed by atoms with Gasteiger partial charge < -0.3 is 14.5 Å². The summed E-state index contributed by atoms with van der Waals surface area (Å²) in [7, 11) is 1.39. The molecule has 0 radical (unpaired) electrons. The minimum absolute atomic E-state index is 0.0155. The Bertz CT molecular complexity index is 1250. The van der Waals surface area contributed by atoms with Crippen molar-refractivity contribution in [3.8, 4) is 5.88 Å². The predicted octanol–water partition coefficient (Wildman–Crippen LogP) is 5.03. The molecular weight excluding hydrogens is 482 g/mol. The van der Waals surface area contributed by atoms with Crippen molar-refractivity contribution >= 4 is 51.8 Å². The van der Waals surface area contributed by atoms with Gasteiger partial charge in [-0.3, -0.25) is 5.32 Å². The van der Waals surface area contributed by atoms with Crippen LogP contribution < -0.4 is 15.0 Å². The van der Waals surface area contributed by atoms with Gasteiger partial charge in [-0.2, -0.15) is 0 Å². The van der Waals surface area contributed by atoms with Gasteiger partial charge in [-0.1, -0.05) is 23.2 Å². The molecule has 2 aromatic carbocycles. The molecule has 1 fully saturated rings. The molecule has 1 aromatic heterocycles. The zero-order chi connectivity index (χ0) is 23.9. The van der Waals surface area contributed by atoms with Crippen LogP contribution in [0.25, 0.3) is 11.0 Å². The van der Waals surface area contributed by atoms with Gasteiger partial charge in [-0.15, -0.1) is 0 Å². The van der Waals surface area contributed by atoms with Gasteiger partial charge in [0.05, 0.1) is 28.2 Å². The van der Waals surface area contributed by atoms with Crippen LogP contribution in [0.3, 0.4) is 0 Å². The van der Waals surface area contributed by atoms with Crippen molar-refractivity contribution in [2.45, 2.75) is 6.92 Å². The van der Waals surface area contributed by atoms with Gasteiger partial charge >= 0.3 is 6.03 Å². The number of nitrogens with one attached hydrogen (secondary N) is 1. The highest BCUT2D eigenvalue weighted by Crippen LogP contribution is 2.31. The number of ether oxygens (including phenoxy) is 1. The molecule has 0 aliphatic carbocycles. The van der Waals surface area contributed by atoms with E-state index < -0.39 is 23.5 Å². The first kappa shape index (κ1) is 23.2. The molecule has 174 valence electrons. The molecular formula is C21H18Cl2F3N5O2. The molecule has 2 heterocycles. The molecule has 1 N–H and O–H groups in total. The SMILES string of the molecule is COc1nc2cc(Cl)c(Cl)cc2nc1NC(=O)N1CCN(c2cc(F)c(F)c(F)c2C)CC1. The fraction of sp³-hybridized carbons (Fsp3) is 0.286. The van der Waals surface area contributed by atoms with Crippen molar-refractivity contribution in [2.24, 2.45) is 0 Å². The summed E-state index contributed by atoms with van der Waals surface area (Å²) >= 11 is 12.1. The molecule has 1 aliphatic heterocycles. The number of benzene rings is 2. The van der Waals surface area contributed by atoms with Gasteiger partial charge in [0.1, 0.15) is 0 Å². The number of hydrogen-bond acceptors (Lipinski definition) is 5. The molecule has 7 nitrogen and oxygen atoms in total. The van der Waals surface area contributed by atoms with Crippen LogP contribution in [0.1, 0.15) is 5.56 Å². The second kappa shape index (κ2) is 9.11. The first-order valence-electron chi connectivity index (χ1n) is 9.85. The van der Waals surface area contributed by atoms with Crippen LogP contribution in [0.5, 0.6) is 5.88 Å². The summed E-state index contributed by atoms with van der Waals surface area (Å²) in [6, 6.07) is 3.59. The second-order valence-corrected chi connectivity index (χ2v) is 8.19. The molecule has 12 heteroatoms. The summed E-state index contributed by atoms with van der Waals surface area (Å²) in [4.78, 5) is 24.7. The summed E-state index contributed by atoms with van der Waals surface area (Å²) in [6.07, 6.45) is 0. The number of anilines is 2. The Morgan fingerprint density at radius 1 is 1.00 bits per heavy atom. The third kappa shape index (κ3) is 4.45. The Morgan fingerprint density at radius 2 is 1.61 bits per heavy atom. The van der Waals surface area contributed by atoms with E-state index in [1.165, 1.54) is 25.0 Å². The Balaban J connectivity index is 1.49. The average Bonchev–Trinajstić information content (AvgIpc) is 2.80. The van der Waals surface area contributed by atoms with Gasteiger partial charge in [-0.25, -0.2) is 27.9 Å². The molecule has 3 aromatic rings. The van der Waals surface area contributed by atoms with E-state index in [-0.39, 0.29) is 36.0 Å². The largest absolute Gasteiger partial charge is 0.478 e. The smallest absolute Gasteiger partial charge is 0.323 e. The van der Waals surface area contributed by atoms with E-state index in [9.17, 15) is 18.0 Å². The Hall–Kier alpha value is -2.98. The minimum Gasteiger partial charge on any atom is -0.478 e. The predicted molar refractivity (Wildman–Crippen MR) is 120 cm³/mol. The van der Waals surface area contributed by atoms with Crippen LogP contribution in [0.2, 0.25) is 10.0 Å². The molecule has 0 unspecified atom stereocenters. The number of piperazine rings is 1. The van der Waals surface area contributed by atoms with Crippen molar-refractivity contribution in [3.05, 3.63) is 51.3 Å². The van der Waals surface area contributed by atoms with E-state index in [0.29, 0.717) is 34.2 Å². The third-order valence-electron chi connectivity index (χ3n) is 5.38. The highest BCUT2D eigenvalue weighted by Gasteiger charge is 2.26. The summed E-state index contributed by atoms with van der Waals surface area (Å²) < 4.78 is 46.3. The van der Waals surface area contributed by atoms with Crippen LogP contribution in [-0.4, -0.2) is 54.2 Å². The van der Waals surface area contributed by atoms with Crippen molar-refractivity contribution < 1.29 is 22.7 Å². The van der Waals surface area contributed by atoms with Gasteiger partial charge in [0.15, 0.2) is 23.3 Å². The summed E-state index contributed by atoms with van der Waals surface area (Å²) in [5, 5.41) is 3.28. The number of nitrogens with zero attached hydrogens (tertiary/aromatic N) is 4. The van der Waals surface area contributed by atoms with E-state index in [4.69, 9.17) is 27.9 Å². The maximum atomic E-state index is 13.9. The first-order chi connectivity index (χ1) is 15.7. The van der Waals surface area contributed by atoms with Crippen LogP contribution >= 0.6 is 23.2 Å². The average molecular weight is 500 g/mol. The number of halogens is 5. The van der Waals surface area contributed by atoms with E-state index in [1.54, 1.807) is 11.0 Å². The zero-order valence-electron chi connectivity index (χ0n) is 17.6. The lowest BCUT2D eigenvalue weighted by atomic mass is 10.1. The van der Waals surface area contributed by atoms with E-state index >= 15 is 0 Å². The number of fused-ring (bicyclic) bond motifs is 1. The lowest BCUT2D eigenvalue weighted by molar-refractivity contribution is 0.208. The highest BCUT2D eigenvalue weighted by molar-refractivity contribution is 6.42. The number of rotatable bonds is 3. The first-order valence-corrected chi connectivity index (χ1v) is 10.6. The molecule has 4 rings (SSSR count). The van der Waals surface area contributed by atoms with Gasteiger partial charge in [0.2, 0.25) is 0 Å². The number of aromatic nitrogens is 2. The monoisotopic (exact) mass is 499 g/mol. The third-order valence-corrected chi connectivity index (χ3v) is 6.10. The fourth-order valence-electron chi connectivity index (χ4n) is 3.59. The second-order valence-electron chi connectivity index (χ2n) is 7.37. The standard InChI is InChI=1S/C21H18Cl2F3N5O2/c1-10-16(9-13(24)18(26)17(10)25)30-3-5-31(6-4-30)21(32)29-19-20(33-2)28-15-8-12(23)11(22)7-14(15)27-19/h7-9H,3-6H2,1-2H3,(H,27,29,32). The summed E-state index contributed by atoms with van der Waals surface area (Å²) in [6.45, 7) is 2.50. The highest BCUT2D eigenvalue weighted by atomic mass is 35.5. The lowest BCUT2D eigenvalue weighted by Gasteiger charge is -2.36. The van der Waals surface area contributed by atoms with Crippen LogP contribution in [-0.2, 0) is 0 Å². The molecule has 0 saturated carbocycles. The molecule has 33 heavy (non-hydrogen) atoms. The van der Waals surface area contributed by atoms with Crippen LogP contribution in [0.4, 0.5) is 29.5 Å². The van der Waals surface area contributed by atoms with Crippen LogP contribution in [0.15, 0.2) is 18.2 Å². The van der Waals surface area contributed by atoms with E-state index in [0.717, 1.165) is 6.07 Å². The van der Waals surface area contributed by atoms with Gasteiger partial charge in [-0.05, 0) is 19.1 Å². The number of methoxy groups -OCH3 is 1. The van der Waals surface area contributed by atoms with Crippen molar-refractivity contribution in [1.29, 1.82) is 0 Å². The van der Waals surface area contributed by atoms with Gasteiger partial charge in [0, 0.05) is 43.5 Å². The normalized spacial score (nSPS) is 14.0. The number of carbonyl (C=O) groups excluding carboxylic acids is 1. The van der Waals surface area contributed by atoms with E-state index in [2.05, 4.69) is 15.3 Å². The number of carbonyl (C=O) groups is 1. The maximum Gasteiger partial charge on any atom is 0.323 e. The Kier molecular flexibility index (Phi) is 6.40. The maximum absolute atomic E-state index is 13.9. The van der Waals surface area contributed by atoms with Crippen molar-refractivity contribution in [2.75, 3.05) is 43.5 Å². The summed E-state index contributed by atoms with van der Waals surface area (Å²) in [5.41, 5.74) is 1.13. The fourth-order valence-corrected chi connectivity index (χ4v) is 3.91. The van der Waals surface area contributed by atoms with Crippen molar-refractivity contribution in [3.63, 3.8) is 0 Å². The minimum atomic E-state index is -1.50. The molecule has 0 spiro atoms. The topological polar surface area (TPSA) is 70.6 Å². The van der Waals surface area contributed by atoms with Gasteiger partial charge in [0.25, 0.3) is 5.88 Å². The molecule has 0 bridgehead atoms. The number of amides is 2. The van der Waals surface area contributed by atoms with Crippen LogP contribution in [0, 0.1) is 24.4 Å². The zero-order valence-corrected chi connectivity index (χ0v) is 19.1. The number of hydrogen-bond donors (Lipinski definition) is 1. The Morgan fingerprint density at radius 3 is 2.21 bits per heavy atom. The van der Waals surface area contributed by atoms with Crippen molar-refractivity contribution in [1.82, 2.24) is 14.9 Å². The molecule has 1 saturated heterocycles.